The number of benzene rings is 3. The average molecular weight is 652 g/mol. The molecule has 0 aliphatic heterocycles. The van der Waals surface area contributed by atoms with Gasteiger partial charge in [0.05, 0.1) is 39.4 Å². The monoisotopic (exact) mass is 651 g/mol. The summed E-state index contributed by atoms with van der Waals surface area (Å²) in [6.45, 7) is 0. The van der Waals surface area contributed by atoms with Gasteiger partial charge in [0.2, 0.25) is 0 Å². The van der Waals surface area contributed by atoms with Crippen LogP contribution in [0, 0.1) is 22.7 Å². The third-order valence-electron chi connectivity index (χ3n) is 8.83. The largest absolute Gasteiger partial charge is 0.497 e. The van der Waals surface area contributed by atoms with E-state index in [1.807, 2.05) is 61.0 Å². The second-order valence-corrected chi connectivity index (χ2v) is 14.0. The smallest absolute Gasteiger partial charge is 0.119 e. The van der Waals surface area contributed by atoms with E-state index in [4.69, 9.17) is 14.7 Å². The maximum atomic E-state index is 9.82. The maximum Gasteiger partial charge on any atom is 0.119 e. The minimum Gasteiger partial charge on any atom is -0.497 e. The summed E-state index contributed by atoms with van der Waals surface area (Å²) in [5.74, 6) is 0.794. The van der Waals surface area contributed by atoms with Crippen molar-refractivity contribution < 1.29 is 4.74 Å². The molecule has 0 bridgehead atoms. The van der Waals surface area contributed by atoms with E-state index >= 15 is 0 Å². The Bertz CT molecular complexity index is 1910. The average Bonchev–Trinajstić information content (AvgIpc) is 3.68. The predicted molar refractivity (Wildman–Crippen MR) is 194 cm³/mol. The standard InChI is InChI=1S/C39H33N5OS2/c1-45-31-20-18-30(19-21-31)44(28-14-10-26(11-15-28)42-24-38-34(22-40)32-6-2-4-8-36(32)46-38)29-16-12-27(13-17-29)43-25-39-35(23-41)33-7-3-5-9-37(33)47-39/h10-21,24-25H,2-9H2,1H3. The minimum absolute atomic E-state index is 0.794. The Hall–Kier alpha value is -5.02. The second-order valence-electron chi connectivity index (χ2n) is 11.7. The Balaban J connectivity index is 1.15. The van der Waals surface area contributed by atoms with E-state index < -0.39 is 0 Å². The molecule has 2 aromatic heterocycles. The van der Waals surface area contributed by atoms with Crippen molar-refractivity contribution in [3.05, 3.63) is 115 Å². The maximum absolute atomic E-state index is 9.82. The summed E-state index contributed by atoms with van der Waals surface area (Å²) >= 11 is 3.42. The van der Waals surface area contributed by atoms with Gasteiger partial charge in [0.25, 0.3) is 0 Å². The van der Waals surface area contributed by atoms with Gasteiger partial charge in [-0.2, -0.15) is 10.5 Å². The molecule has 7 rings (SSSR count). The van der Waals surface area contributed by atoms with E-state index in [1.54, 1.807) is 29.8 Å². The normalized spacial score (nSPS) is 14.0. The highest BCUT2D eigenvalue weighted by molar-refractivity contribution is 7.14. The number of rotatable bonds is 8. The van der Waals surface area contributed by atoms with Gasteiger partial charge < -0.3 is 9.64 Å². The quantitative estimate of drug-likeness (QED) is 0.156. The van der Waals surface area contributed by atoms with Crippen molar-refractivity contribution in [1.82, 2.24) is 0 Å². The fraction of sp³-hybridized carbons (Fsp3) is 0.231. The van der Waals surface area contributed by atoms with Crippen molar-refractivity contribution in [2.45, 2.75) is 51.4 Å². The zero-order valence-corrected chi connectivity index (χ0v) is 27.8. The van der Waals surface area contributed by atoms with E-state index in [0.717, 1.165) is 93.6 Å². The summed E-state index contributed by atoms with van der Waals surface area (Å²) in [4.78, 5) is 16.3. The van der Waals surface area contributed by atoms with Crippen LogP contribution in [0.5, 0.6) is 5.75 Å². The summed E-state index contributed by atoms with van der Waals surface area (Å²) in [6, 6.07) is 29.1. The fourth-order valence-electron chi connectivity index (χ4n) is 6.42. The van der Waals surface area contributed by atoms with Gasteiger partial charge in [0.1, 0.15) is 17.9 Å². The van der Waals surface area contributed by atoms with Crippen molar-refractivity contribution in [2.75, 3.05) is 12.0 Å². The molecule has 8 heteroatoms. The van der Waals surface area contributed by atoms with Crippen molar-refractivity contribution in [2.24, 2.45) is 9.98 Å². The zero-order chi connectivity index (χ0) is 32.2. The Morgan fingerprint density at radius 2 is 1.02 bits per heavy atom. The molecule has 3 aromatic carbocycles. The minimum atomic E-state index is 0.794. The topological polar surface area (TPSA) is 84.8 Å². The van der Waals surface area contributed by atoms with Crippen LogP contribution in [0.25, 0.3) is 0 Å². The molecule has 0 fully saturated rings. The Kier molecular flexibility index (Phi) is 8.97. The Morgan fingerprint density at radius 1 is 0.617 bits per heavy atom. The number of hydrogen-bond acceptors (Lipinski definition) is 8. The summed E-state index contributed by atoms with van der Waals surface area (Å²) in [5, 5.41) is 19.6. The first-order valence-corrected chi connectivity index (χ1v) is 17.6. The number of nitrogens with zero attached hydrogens (tertiary/aromatic N) is 5. The van der Waals surface area contributed by atoms with Gasteiger partial charge in [-0.05, 0) is 135 Å². The van der Waals surface area contributed by atoms with Crippen LogP contribution in [0.4, 0.5) is 28.4 Å². The van der Waals surface area contributed by atoms with Gasteiger partial charge in [0.15, 0.2) is 0 Å². The molecule has 0 spiro atoms. The second kappa shape index (κ2) is 13.8. The van der Waals surface area contributed by atoms with Crippen LogP contribution < -0.4 is 9.64 Å². The van der Waals surface area contributed by atoms with Crippen LogP contribution >= 0.6 is 22.7 Å². The molecule has 0 unspecified atom stereocenters. The number of fused-ring (bicyclic) bond motifs is 2. The van der Waals surface area contributed by atoms with E-state index in [-0.39, 0.29) is 0 Å². The van der Waals surface area contributed by atoms with E-state index in [9.17, 15) is 10.5 Å². The van der Waals surface area contributed by atoms with E-state index in [0.29, 0.717) is 0 Å². The van der Waals surface area contributed by atoms with Crippen molar-refractivity contribution in [1.29, 1.82) is 10.5 Å². The zero-order valence-electron chi connectivity index (χ0n) is 26.2. The van der Waals surface area contributed by atoms with Crippen molar-refractivity contribution >= 4 is 63.5 Å². The highest BCUT2D eigenvalue weighted by atomic mass is 32.1. The molecule has 2 aliphatic carbocycles. The molecule has 0 saturated heterocycles. The number of thiophene rings is 2. The van der Waals surface area contributed by atoms with Crippen LogP contribution in [0.2, 0.25) is 0 Å². The van der Waals surface area contributed by atoms with Crippen molar-refractivity contribution in [3.8, 4) is 17.9 Å². The lowest BCUT2D eigenvalue weighted by Crippen LogP contribution is -2.09. The molecule has 6 nitrogen and oxygen atoms in total. The van der Waals surface area contributed by atoms with Crippen LogP contribution in [-0.2, 0) is 25.7 Å². The number of nitriles is 2. The molecule has 2 aliphatic rings. The molecular weight excluding hydrogens is 619 g/mol. The molecule has 5 aromatic rings. The molecule has 0 N–H and O–H groups in total. The van der Waals surface area contributed by atoms with Crippen molar-refractivity contribution in [3.63, 3.8) is 0 Å². The lowest BCUT2D eigenvalue weighted by atomic mass is 9.95. The molecule has 2 heterocycles. The first kappa shape index (κ1) is 30.6. The number of anilines is 3. The van der Waals surface area contributed by atoms with Gasteiger partial charge in [0, 0.05) is 39.2 Å². The van der Waals surface area contributed by atoms with Gasteiger partial charge in [-0.3, -0.25) is 9.98 Å². The van der Waals surface area contributed by atoms with Crippen LogP contribution in [0.3, 0.4) is 0 Å². The molecule has 0 radical (unpaired) electrons. The first-order chi connectivity index (χ1) is 23.1. The number of ether oxygens (including phenoxy) is 1. The third kappa shape index (κ3) is 6.36. The summed E-state index contributed by atoms with van der Waals surface area (Å²) in [6.07, 6.45) is 12.5. The lowest BCUT2D eigenvalue weighted by molar-refractivity contribution is 0.415. The molecule has 0 atom stereocenters. The van der Waals surface area contributed by atoms with Gasteiger partial charge in [-0.25, -0.2) is 0 Å². The van der Waals surface area contributed by atoms with E-state index in [2.05, 4.69) is 41.3 Å². The Morgan fingerprint density at radius 3 is 1.43 bits per heavy atom. The molecule has 47 heavy (non-hydrogen) atoms. The summed E-state index contributed by atoms with van der Waals surface area (Å²) in [5.41, 5.74) is 8.66. The fourth-order valence-corrected chi connectivity index (χ4v) is 8.85. The summed E-state index contributed by atoms with van der Waals surface area (Å²) in [7, 11) is 1.67. The number of aryl methyl sites for hydroxylation is 2. The molecular formula is C39H33N5OS2. The predicted octanol–water partition coefficient (Wildman–Crippen LogP) is 10.3. The lowest BCUT2D eigenvalue weighted by Gasteiger charge is -2.25. The van der Waals surface area contributed by atoms with Crippen LogP contribution in [-0.4, -0.2) is 19.5 Å². The van der Waals surface area contributed by atoms with Gasteiger partial charge in [-0.15, -0.1) is 22.7 Å². The molecule has 0 saturated carbocycles. The number of methoxy groups -OCH3 is 1. The summed E-state index contributed by atoms with van der Waals surface area (Å²) < 4.78 is 5.42. The molecule has 232 valence electrons. The number of hydrogen-bond donors (Lipinski definition) is 0. The number of aliphatic imine (C=N–C) groups is 2. The SMILES string of the molecule is COc1ccc(N(c2ccc(N=Cc3sc4c(c3C#N)CCCC4)cc2)c2ccc(N=Cc3sc4c(c3C#N)CCCC4)cc2)cc1. The highest BCUT2D eigenvalue weighted by Crippen LogP contribution is 2.38. The Labute approximate surface area is 283 Å². The van der Waals surface area contributed by atoms with Gasteiger partial charge in [-0.1, -0.05) is 0 Å². The van der Waals surface area contributed by atoms with Crippen LogP contribution in [0.1, 0.15) is 67.4 Å². The molecule has 0 amide bonds. The third-order valence-corrected chi connectivity index (χ3v) is 11.3. The van der Waals surface area contributed by atoms with Crippen LogP contribution in [0.15, 0.2) is 82.8 Å². The van der Waals surface area contributed by atoms with E-state index in [1.165, 1.54) is 33.7 Å². The first-order valence-electron chi connectivity index (χ1n) is 16.0. The van der Waals surface area contributed by atoms with Gasteiger partial charge >= 0.3 is 0 Å². The highest BCUT2D eigenvalue weighted by Gasteiger charge is 2.21.